The molecule has 0 aromatic heterocycles. The second-order valence-corrected chi connectivity index (χ2v) is 7.65. The lowest BCUT2D eigenvalue weighted by Gasteiger charge is -2.22. The molecule has 6 heteroatoms. The largest absolute Gasteiger partial charge is 0.466 e. The van der Waals surface area contributed by atoms with Crippen LogP contribution in [0.3, 0.4) is 0 Å². The van der Waals surface area contributed by atoms with Gasteiger partial charge < -0.3 is 14.5 Å². The molecule has 6 nitrogen and oxygen atoms in total. The molecule has 2 aromatic rings. The zero-order chi connectivity index (χ0) is 23.6. The first-order chi connectivity index (χ1) is 16.0. The number of hydrogen-bond donors (Lipinski definition) is 0. The Kier molecular flexibility index (Phi) is 8.27. The smallest absolute Gasteiger partial charge is 0.307 e. The summed E-state index contributed by atoms with van der Waals surface area (Å²) in [6.45, 7) is 6.14. The van der Waals surface area contributed by atoms with Crippen molar-refractivity contribution in [1.29, 1.82) is 5.26 Å². The summed E-state index contributed by atoms with van der Waals surface area (Å²) in [6, 6.07) is 15.0. The average molecular weight is 442 g/mol. The van der Waals surface area contributed by atoms with Crippen LogP contribution in [-0.4, -0.2) is 49.6 Å². The van der Waals surface area contributed by atoms with E-state index in [-0.39, 0.29) is 18.3 Å². The molecule has 1 aliphatic heterocycles. The topological polar surface area (TPSA) is 73.6 Å². The summed E-state index contributed by atoms with van der Waals surface area (Å²) < 4.78 is 5.04. The van der Waals surface area contributed by atoms with Crippen LogP contribution in [-0.2, 0) is 9.53 Å². The zero-order valence-corrected chi connectivity index (χ0v) is 19.0. The van der Waals surface area contributed by atoms with Gasteiger partial charge in [-0.3, -0.25) is 9.59 Å². The van der Waals surface area contributed by atoms with Gasteiger partial charge in [-0.1, -0.05) is 30.1 Å². The predicted molar refractivity (Wildman–Crippen MR) is 128 cm³/mol. The van der Waals surface area contributed by atoms with Crippen LogP contribution < -0.4 is 4.90 Å². The third kappa shape index (κ3) is 6.48. The first-order valence-corrected chi connectivity index (χ1v) is 11.0. The van der Waals surface area contributed by atoms with E-state index in [9.17, 15) is 14.9 Å². The minimum absolute atomic E-state index is 0.0273. The van der Waals surface area contributed by atoms with Gasteiger partial charge in [0.15, 0.2) is 0 Å². The Morgan fingerprint density at radius 2 is 1.91 bits per heavy atom. The van der Waals surface area contributed by atoms with E-state index in [1.165, 1.54) is 0 Å². The summed E-state index contributed by atoms with van der Waals surface area (Å²) in [5.74, 6) is 6.07. The Hall–Kier alpha value is -4.03. The number of amides is 1. The molecule has 0 N–H and O–H groups in total. The maximum absolute atomic E-state index is 12.6. The molecule has 1 heterocycles. The first-order valence-electron chi connectivity index (χ1n) is 11.0. The molecule has 0 radical (unpaired) electrons. The lowest BCUT2D eigenvalue weighted by atomic mass is 10.0. The Balaban J connectivity index is 1.73. The van der Waals surface area contributed by atoms with Crippen molar-refractivity contribution in [3.8, 4) is 17.9 Å². The minimum Gasteiger partial charge on any atom is -0.466 e. The molecule has 0 spiro atoms. The summed E-state index contributed by atoms with van der Waals surface area (Å²) in [6.07, 6.45) is 4.22. The summed E-state index contributed by atoms with van der Waals surface area (Å²) in [5, 5.41) is 9.21. The van der Waals surface area contributed by atoms with Gasteiger partial charge in [-0.25, -0.2) is 0 Å². The van der Waals surface area contributed by atoms with Crippen LogP contribution >= 0.6 is 0 Å². The Labute approximate surface area is 195 Å². The fourth-order valence-corrected chi connectivity index (χ4v) is 3.56. The van der Waals surface area contributed by atoms with Crippen LogP contribution in [0, 0.1) is 30.1 Å². The molecule has 0 saturated heterocycles. The van der Waals surface area contributed by atoms with E-state index in [1.54, 1.807) is 24.0 Å². The number of esters is 1. The molecule has 33 heavy (non-hydrogen) atoms. The van der Waals surface area contributed by atoms with Gasteiger partial charge in [-0.15, -0.1) is 0 Å². The van der Waals surface area contributed by atoms with Crippen molar-refractivity contribution in [3.05, 3.63) is 76.9 Å². The van der Waals surface area contributed by atoms with Crippen LogP contribution in [0.15, 0.2) is 54.6 Å². The minimum atomic E-state index is -0.268. The van der Waals surface area contributed by atoms with Crippen LogP contribution in [0.25, 0.3) is 0 Å². The Bertz CT molecular complexity index is 1140. The van der Waals surface area contributed by atoms with Crippen LogP contribution in [0.1, 0.15) is 40.4 Å². The van der Waals surface area contributed by atoms with Gasteiger partial charge in [0.25, 0.3) is 5.91 Å². The van der Waals surface area contributed by atoms with Crippen LogP contribution in [0.2, 0.25) is 0 Å². The van der Waals surface area contributed by atoms with Crippen LogP contribution in [0.4, 0.5) is 5.69 Å². The van der Waals surface area contributed by atoms with Gasteiger partial charge in [0.2, 0.25) is 0 Å². The Morgan fingerprint density at radius 1 is 1.12 bits per heavy atom. The number of ether oxygens (including phenoxy) is 1. The van der Waals surface area contributed by atoms with Gasteiger partial charge in [-0.2, -0.15) is 5.26 Å². The second kappa shape index (κ2) is 11.5. The molecule has 2 aromatic carbocycles. The molecule has 0 atom stereocenters. The summed E-state index contributed by atoms with van der Waals surface area (Å²) >= 11 is 0. The van der Waals surface area contributed by atoms with Crippen molar-refractivity contribution in [3.63, 3.8) is 0 Å². The molecule has 0 fully saturated rings. The maximum Gasteiger partial charge on any atom is 0.307 e. The SMILES string of the molecule is CCOC(=O)CCN(CC#Cc1ccc(C(=O)N2CC=CC2)c(C)c1)c1cccc(C#N)c1. The number of nitriles is 1. The van der Waals surface area contributed by atoms with Gasteiger partial charge >= 0.3 is 5.97 Å². The summed E-state index contributed by atoms with van der Waals surface area (Å²) in [5.41, 5.74) is 3.77. The normalized spacial score (nSPS) is 12.0. The molecular weight excluding hydrogens is 414 g/mol. The molecule has 0 saturated carbocycles. The van der Waals surface area contributed by atoms with Gasteiger partial charge in [0.05, 0.1) is 31.2 Å². The molecule has 0 unspecified atom stereocenters. The van der Waals surface area contributed by atoms with E-state index < -0.39 is 0 Å². The van der Waals surface area contributed by atoms with E-state index in [0.29, 0.717) is 43.9 Å². The molecule has 3 rings (SSSR count). The van der Waals surface area contributed by atoms with Crippen molar-refractivity contribution < 1.29 is 14.3 Å². The van der Waals surface area contributed by atoms with E-state index in [2.05, 4.69) is 17.9 Å². The number of carbonyl (C=O) groups is 2. The van der Waals surface area contributed by atoms with Crippen molar-refractivity contribution in [2.75, 3.05) is 37.7 Å². The Morgan fingerprint density at radius 3 is 2.61 bits per heavy atom. The van der Waals surface area contributed by atoms with Crippen molar-refractivity contribution in [2.24, 2.45) is 0 Å². The van der Waals surface area contributed by atoms with Crippen molar-refractivity contribution >= 4 is 17.6 Å². The van der Waals surface area contributed by atoms with Crippen LogP contribution in [0.5, 0.6) is 0 Å². The van der Waals surface area contributed by atoms with E-state index in [1.807, 2.05) is 54.3 Å². The highest BCUT2D eigenvalue weighted by molar-refractivity contribution is 5.96. The van der Waals surface area contributed by atoms with Crippen molar-refractivity contribution in [1.82, 2.24) is 4.90 Å². The predicted octanol–water partition coefficient (Wildman–Crippen LogP) is 3.69. The van der Waals surface area contributed by atoms with Gasteiger partial charge in [-0.05, 0) is 55.8 Å². The number of nitrogens with zero attached hydrogens (tertiary/aromatic N) is 3. The zero-order valence-electron chi connectivity index (χ0n) is 19.0. The van der Waals surface area contributed by atoms with E-state index in [4.69, 9.17) is 4.74 Å². The number of aryl methyl sites for hydroxylation is 1. The molecule has 0 aliphatic carbocycles. The monoisotopic (exact) mass is 441 g/mol. The maximum atomic E-state index is 12.6. The standard InChI is InChI=1S/C27H27N3O3/c1-3-33-26(31)13-17-29(24-10-6-8-23(19-24)20-28)16-7-9-22-11-12-25(21(2)18-22)27(32)30-14-4-5-15-30/h4-6,8,10-12,18-19H,3,13-17H2,1-2H3. The number of anilines is 1. The number of benzene rings is 2. The molecule has 1 amide bonds. The summed E-state index contributed by atoms with van der Waals surface area (Å²) in [7, 11) is 0. The van der Waals surface area contributed by atoms with E-state index >= 15 is 0 Å². The third-order valence-corrected chi connectivity index (χ3v) is 5.30. The molecule has 168 valence electrons. The average Bonchev–Trinajstić information content (AvgIpc) is 3.36. The fourth-order valence-electron chi connectivity index (χ4n) is 3.56. The molecule has 1 aliphatic rings. The number of carbonyl (C=O) groups excluding carboxylic acids is 2. The summed E-state index contributed by atoms with van der Waals surface area (Å²) in [4.78, 5) is 28.2. The highest BCUT2D eigenvalue weighted by atomic mass is 16.5. The fraction of sp³-hybridized carbons (Fsp3) is 0.296. The quantitative estimate of drug-likeness (QED) is 0.372. The third-order valence-electron chi connectivity index (χ3n) is 5.30. The van der Waals surface area contributed by atoms with Gasteiger partial charge in [0.1, 0.15) is 0 Å². The van der Waals surface area contributed by atoms with Crippen molar-refractivity contribution in [2.45, 2.75) is 20.3 Å². The molecule has 0 bridgehead atoms. The lowest BCUT2D eigenvalue weighted by molar-refractivity contribution is -0.142. The molecular formula is C27H27N3O3. The highest BCUT2D eigenvalue weighted by Gasteiger charge is 2.18. The van der Waals surface area contributed by atoms with E-state index in [0.717, 1.165) is 16.8 Å². The second-order valence-electron chi connectivity index (χ2n) is 7.65. The number of hydrogen-bond acceptors (Lipinski definition) is 5. The first kappa shape index (κ1) is 23.6. The lowest BCUT2D eigenvalue weighted by Crippen LogP contribution is -2.28. The number of rotatable bonds is 7. The van der Waals surface area contributed by atoms with Gasteiger partial charge in [0, 0.05) is 36.4 Å². The highest BCUT2D eigenvalue weighted by Crippen LogP contribution is 2.17.